The number of carbonyl (C=O) groups is 3. The lowest BCUT2D eigenvalue weighted by molar-refractivity contribution is -0.384. The third-order valence-electron chi connectivity index (χ3n) is 3.67. The summed E-state index contributed by atoms with van der Waals surface area (Å²) in [5, 5.41) is 13.9. The molecule has 0 spiro atoms. The molecule has 2 aromatic carbocycles. The first-order chi connectivity index (χ1) is 12.9. The van der Waals surface area contributed by atoms with Gasteiger partial charge < -0.3 is 14.8 Å². The van der Waals surface area contributed by atoms with E-state index >= 15 is 0 Å². The maximum atomic E-state index is 12.8. The van der Waals surface area contributed by atoms with Crippen molar-refractivity contribution in [2.75, 3.05) is 26.1 Å². The second-order valence-electron chi connectivity index (χ2n) is 5.27. The molecule has 0 unspecified atom stereocenters. The van der Waals surface area contributed by atoms with Crippen LogP contribution in [-0.2, 0) is 14.3 Å². The smallest absolute Gasteiger partial charge is 0.344 e. The molecule has 1 N–H and O–H groups in total. The Balaban J connectivity index is 2.37. The van der Waals surface area contributed by atoms with E-state index in [2.05, 4.69) is 10.1 Å². The molecule has 0 aliphatic carbocycles. The first-order valence-corrected chi connectivity index (χ1v) is 7.73. The summed E-state index contributed by atoms with van der Waals surface area (Å²) in [6.07, 6.45) is 0. The van der Waals surface area contributed by atoms with Crippen molar-refractivity contribution >= 4 is 29.1 Å². The van der Waals surface area contributed by atoms with Gasteiger partial charge >= 0.3 is 11.9 Å². The molecule has 0 amide bonds. The summed E-state index contributed by atoms with van der Waals surface area (Å²) in [7, 11) is 2.67. The van der Waals surface area contributed by atoms with Crippen LogP contribution in [0.4, 0.5) is 11.4 Å². The average molecular weight is 372 g/mol. The standard InChI is InChI=1S/C18H16N2O7/c1-19-14-8-7-11(9-15(14)20(24)25)17(22)12-5-3-4-6-13(12)18(23)27-10-16(21)26-2/h3-9,19H,10H2,1-2H3. The minimum Gasteiger partial charge on any atom is -0.466 e. The zero-order valence-corrected chi connectivity index (χ0v) is 14.6. The zero-order chi connectivity index (χ0) is 20.0. The van der Waals surface area contributed by atoms with Crippen LogP contribution in [0.15, 0.2) is 42.5 Å². The summed E-state index contributed by atoms with van der Waals surface area (Å²) < 4.78 is 9.21. The van der Waals surface area contributed by atoms with Crippen LogP contribution in [0.1, 0.15) is 26.3 Å². The normalized spacial score (nSPS) is 10.0. The SMILES string of the molecule is CNc1ccc(C(=O)c2ccccc2C(=O)OCC(=O)OC)cc1[N+](=O)[O-]. The van der Waals surface area contributed by atoms with E-state index in [1.165, 1.54) is 37.4 Å². The maximum Gasteiger partial charge on any atom is 0.344 e. The highest BCUT2D eigenvalue weighted by Crippen LogP contribution is 2.27. The highest BCUT2D eigenvalue weighted by Gasteiger charge is 2.22. The van der Waals surface area contributed by atoms with E-state index in [0.717, 1.165) is 13.2 Å². The maximum absolute atomic E-state index is 12.8. The summed E-state index contributed by atoms with van der Waals surface area (Å²) in [4.78, 5) is 46.7. The molecular formula is C18H16N2O7. The van der Waals surface area contributed by atoms with E-state index in [9.17, 15) is 24.5 Å². The lowest BCUT2D eigenvalue weighted by Crippen LogP contribution is -2.17. The molecule has 2 rings (SSSR count). The number of hydrogen-bond donors (Lipinski definition) is 1. The monoisotopic (exact) mass is 372 g/mol. The number of methoxy groups -OCH3 is 1. The molecule has 0 aliphatic heterocycles. The molecule has 0 atom stereocenters. The Bertz CT molecular complexity index is 908. The number of ether oxygens (including phenoxy) is 2. The summed E-state index contributed by atoms with van der Waals surface area (Å²) in [5.41, 5.74) is -0.0454. The molecule has 0 saturated carbocycles. The number of ketones is 1. The number of nitrogens with one attached hydrogen (secondary N) is 1. The summed E-state index contributed by atoms with van der Waals surface area (Å²) >= 11 is 0. The Morgan fingerprint density at radius 2 is 1.78 bits per heavy atom. The first kappa shape index (κ1) is 19.6. The van der Waals surface area contributed by atoms with Crippen LogP contribution in [0.3, 0.4) is 0 Å². The Morgan fingerprint density at radius 3 is 2.37 bits per heavy atom. The van der Waals surface area contributed by atoms with Crippen LogP contribution in [0.2, 0.25) is 0 Å². The zero-order valence-electron chi connectivity index (χ0n) is 14.6. The average Bonchev–Trinajstić information content (AvgIpc) is 2.70. The molecule has 0 heterocycles. The van der Waals surface area contributed by atoms with Crippen LogP contribution in [0, 0.1) is 10.1 Å². The van der Waals surface area contributed by atoms with E-state index in [4.69, 9.17) is 4.74 Å². The van der Waals surface area contributed by atoms with Gasteiger partial charge in [0.25, 0.3) is 5.69 Å². The molecule has 27 heavy (non-hydrogen) atoms. The Kier molecular flexibility index (Phi) is 6.21. The fourth-order valence-corrected chi connectivity index (χ4v) is 2.31. The number of benzene rings is 2. The fourth-order valence-electron chi connectivity index (χ4n) is 2.31. The van der Waals surface area contributed by atoms with Crippen molar-refractivity contribution in [2.45, 2.75) is 0 Å². The molecule has 0 fully saturated rings. The van der Waals surface area contributed by atoms with Gasteiger partial charge in [0.2, 0.25) is 0 Å². The number of rotatable bonds is 7. The molecule has 0 aliphatic rings. The van der Waals surface area contributed by atoms with E-state index in [0.29, 0.717) is 0 Å². The third kappa shape index (κ3) is 4.46. The van der Waals surface area contributed by atoms with Crippen molar-refractivity contribution in [1.82, 2.24) is 0 Å². The molecule has 9 heteroatoms. The molecular weight excluding hydrogens is 356 g/mol. The van der Waals surface area contributed by atoms with Gasteiger partial charge in [0.1, 0.15) is 5.69 Å². The van der Waals surface area contributed by atoms with Gasteiger partial charge in [0, 0.05) is 24.2 Å². The Labute approximate surface area is 154 Å². The fraction of sp³-hybridized carbons (Fsp3) is 0.167. The quantitative estimate of drug-likeness (QED) is 0.339. The largest absolute Gasteiger partial charge is 0.466 e. The van der Waals surface area contributed by atoms with Crippen molar-refractivity contribution < 1.29 is 28.8 Å². The van der Waals surface area contributed by atoms with E-state index < -0.39 is 29.3 Å². The van der Waals surface area contributed by atoms with Gasteiger partial charge in [-0.15, -0.1) is 0 Å². The predicted octanol–water partition coefficient (Wildman–Crippen LogP) is 2.20. The molecule has 2 aromatic rings. The van der Waals surface area contributed by atoms with E-state index in [1.807, 2.05) is 0 Å². The van der Waals surface area contributed by atoms with Gasteiger partial charge in [-0.05, 0) is 18.2 Å². The van der Waals surface area contributed by atoms with Gasteiger partial charge in [-0.25, -0.2) is 9.59 Å². The van der Waals surface area contributed by atoms with Crippen molar-refractivity contribution in [2.24, 2.45) is 0 Å². The van der Waals surface area contributed by atoms with E-state index in [1.54, 1.807) is 6.07 Å². The molecule has 140 valence electrons. The molecule has 0 aromatic heterocycles. The third-order valence-corrected chi connectivity index (χ3v) is 3.67. The highest BCUT2D eigenvalue weighted by atomic mass is 16.6. The van der Waals surface area contributed by atoms with Gasteiger partial charge in [0.05, 0.1) is 17.6 Å². The van der Waals surface area contributed by atoms with Crippen molar-refractivity contribution in [3.05, 3.63) is 69.3 Å². The number of nitrogens with zero attached hydrogens (tertiary/aromatic N) is 1. The van der Waals surface area contributed by atoms with Crippen LogP contribution in [0.5, 0.6) is 0 Å². The first-order valence-electron chi connectivity index (χ1n) is 7.73. The topological polar surface area (TPSA) is 125 Å². The number of nitro benzene ring substituents is 1. The van der Waals surface area contributed by atoms with Gasteiger partial charge in [-0.2, -0.15) is 0 Å². The Hall–Kier alpha value is -3.75. The summed E-state index contributed by atoms with van der Waals surface area (Å²) in [5.74, 6) is -2.22. The lowest BCUT2D eigenvalue weighted by Gasteiger charge is -2.09. The number of nitro groups is 1. The molecule has 0 bridgehead atoms. The minimum absolute atomic E-state index is 0.00104. The number of carbonyl (C=O) groups excluding carboxylic acids is 3. The Morgan fingerprint density at radius 1 is 1.11 bits per heavy atom. The number of anilines is 1. The predicted molar refractivity (Wildman–Crippen MR) is 94.8 cm³/mol. The molecule has 0 saturated heterocycles. The summed E-state index contributed by atoms with van der Waals surface area (Å²) in [6.45, 7) is -0.597. The molecule has 0 radical (unpaired) electrons. The van der Waals surface area contributed by atoms with Crippen LogP contribution >= 0.6 is 0 Å². The second-order valence-corrected chi connectivity index (χ2v) is 5.27. The van der Waals surface area contributed by atoms with Gasteiger partial charge in [0.15, 0.2) is 12.4 Å². The summed E-state index contributed by atoms with van der Waals surface area (Å²) in [6, 6.07) is 9.78. The number of hydrogen-bond acceptors (Lipinski definition) is 8. The minimum atomic E-state index is -0.884. The van der Waals surface area contributed by atoms with Crippen molar-refractivity contribution in [1.29, 1.82) is 0 Å². The van der Waals surface area contributed by atoms with E-state index in [-0.39, 0.29) is 28.1 Å². The lowest BCUT2D eigenvalue weighted by atomic mass is 9.97. The second kappa shape index (κ2) is 8.56. The van der Waals surface area contributed by atoms with Crippen LogP contribution < -0.4 is 5.32 Å². The van der Waals surface area contributed by atoms with Crippen molar-refractivity contribution in [3.63, 3.8) is 0 Å². The van der Waals surface area contributed by atoms with Gasteiger partial charge in [-0.3, -0.25) is 14.9 Å². The van der Waals surface area contributed by atoms with Crippen LogP contribution in [-0.4, -0.2) is 43.4 Å². The highest BCUT2D eigenvalue weighted by molar-refractivity contribution is 6.15. The van der Waals surface area contributed by atoms with Crippen molar-refractivity contribution in [3.8, 4) is 0 Å². The number of esters is 2. The van der Waals surface area contributed by atoms with Gasteiger partial charge in [-0.1, -0.05) is 18.2 Å². The van der Waals surface area contributed by atoms with Crippen LogP contribution in [0.25, 0.3) is 0 Å². The molecule has 9 nitrogen and oxygen atoms in total.